The highest BCUT2D eigenvalue weighted by atomic mass is 16.7. The molecule has 2 nitrogen and oxygen atoms in total. The summed E-state index contributed by atoms with van der Waals surface area (Å²) in [6, 6.07) is 10.4. The molecule has 17 heavy (non-hydrogen) atoms. The third-order valence-electron chi connectivity index (χ3n) is 2.63. The summed E-state index contributed by atoms with van der Waals surface area (Å²) in [5.41, 5.74) is 1.32. The number of aryl methyl sites for hydroxylation is 1. The largest absolute Gasteiger partial charge is 0.356 e. The Hall–Kier alpha value is -1.12. The maximum Gasteiger partial charge on any atom is 0.157 e. The van der Waals surface area contributed by atoms with Gasteiger partial charge >= 0.3 is 0 Å². The molecule has 0 amide bonds. The van der Waals surface area contributed by atoms with Gasteiger partial charge in [-0.05, 0) is 24.8 Å². The highest BCUT2D eigenvalue weighted by molar-refractivity contribution is 5.14. The van der Waals surface area contributed by atoms with Gasteiger partial charge in [-0.25, -0.2) is 0 Å². The Bertz CT molecular complexity index is 295. The molecular formula is C15H22O2. The molecule has 0 aliphatic rings. The van der Waals surface area contributed by atoms with E-state index in [2.05, 4.69) is 30.8 Å². The van der Waals surface area contributed by atoms with Crippen molar-refractivity contribution in [2.75, 3.05) is 13.7 Å². The lowest BCUT2D eigenvalue weighted by Crippen LogP contribution is -2.17. The molecular weight excluding hydrogens is 212 g/mol. The van der Waals surface area contributed by atoms with Gasteiger partial charge in [0.1, 0.15) is 0 Å². The first-order valence-electron chi connectivity index (χ1n) is 6.16. The summed E-state index contributed by atoms with van der Waals surface area (Å²) < 4.78 is 10.9. The molecule has 0 bridgehead atoms. The lowest BCUT2D eigenvalue weighted by Gasteiger charge is -2.16. The minimum Gasteiger partial charge on any atom is -0.356 e. The summed E-state index contributed by atoms with van der Waals surface area (Å²) in [6.45, 7) is 4.42. The fourth-order valence-electron chi connectivity index (χ4n) is 1.64. The quantitative estimate of drug-likeness (QED) is 0.369. The minimum absolute atomic E-state index is 0.0972. The van der Waals surface area contributed by atoms with Crippen molar-refractivity contribution in [3.63, 3.8) is 0 Å². The Morgan fingerprint density at radius 2 is 2.06 bits per heavy atom. The van der Waals surface area contributed by atoms with Gasteiger partial charge in [0.25, 0.3) is 0 Å². The molecule has 1 aromatic carbocycles. The van der Waals surface area contributed by atoms with Gasteiger partial charge in [-0.3, -0.25) is 0 Å². The summed E-state index contributed by atoms with van der Waals surface area (Å²) in [5.74, 6) is 0. The van der Waals surface area contributed by atoms with Gasteiger partial charge in [0.05, 0.1) is 6.61 Å². The number of methoxy groups -OCH3 is 1. The highest BCUT2D eigenvalue weighted by Crippen LogP contribution is 2.08. The lowest BCUT2D eigenvalue weighted by atomic mass is 10.1. The molecule has 0 fully saturated rings. The minimum atomic E-state index is -0.0972. The zero-order valence-electron chi connectivity index (χ0n) is 10.6. The van der Waals surface area contributed by atoms with E-state index >= 15 is 0 Å². The number of rotatable bonds is 9. The Morgan fingerprint density at radius 3 is 2.71 bits per heavy atom. The number of benzene rings is 1. The normalized spacial score (nSPS) is 12.3. The van der Waals surface area contributed by atoms with Crippen molar-refractivity contribution < 1.29 is 9.47 Å². The van der Waals surface area contributed by atoms with Crippen molar-refractivity contribution in [3.8, 4) is 0 Å². The Morgan fingerprint density at radius 1 is 1.29 bits per heavy atom. The van der Waals surface area contributed by atoms with Crippen molar-refractivity contribution in [1.29, 1.82) is 0 Å². The third kappa shape index (κ3) is 6.25. The Balaban J connectivity index is 2.20. The smallest absolute Gasteiger partial charge is 0.157 e. The van der Waals surface area contributed by atoms with Crippen molar-refractivity contribution in [2.45, 2.75) is 32.0 Å². The van der Waals surface area contributed by atoms with Gasteiger partial charge in [0, 0.05) is 13.5 Å². The summed E-state index contributed by atoms with van der Waals surface area (Å²) in [6.07, 6.45) is 5.70. The van der Waals surface area contributed by atoms with Crippen molar-refractivity contribution >= 4 is 0 Å². The summed E-state index contributed by atoms with van der Waals surface area (Å²) in [7, 11) is 1.70. The van der Waals surface area contributed by atoms with E-state index in [-0.39, 0.29) is 6.29 Å². The average molecular weight is 234 g/mol. The second kappa shape index (κ2) is 8.97. The van der Waals surface area contributed by atoms with Crippen molar-refractivity contribution in [3.05, 3.63) is 48.6 Å². The molecule has 0 saturated carbocycles. The van der Waals surface area contributed by atoms with Gasteiger partial charge < -0.3 is 9.47 Å². The molecule has 0 radical (unpaired) electrons. The number of allylic oxidation sites excluding steroid dienone is 1. The maximum atomic E-state index is 5.65. The fraction of sp³-hybridized carbons (Fsp3) is 0.467. The molecule has 0 saturated heterocycles. The van der Waals surface area contributed by atoms with Crippen LogP contribution in [0.25, 0.3) is 0 Å². The van der Waals surface area contributed by atoms with E-state index in [0.717, 1.165) is 32.3 Å². The Labute approximate surface area is 104 Å². The molecule has 0 heterocycles. The van der Waals surface area contributed by atoms with Crippen LogP contribution in [-0.2, 0) is 15.9 Å². The molecule has 94 valence electrons. The zero-order chi connectivity index (χ0) is 12.3. The molecule has 1 rings (SSSR count). The highest BCUT2D eigenvalue weighted by Gasteiger charge is 2.07. The molecule has 0 N–H and O–H groups in total. The van der Waals surface area contributed by atoms with Gasteiger partial charge in [-0.2, -0.15) is 0 Å². The lowest BCUT2D eigenvalue weighted by molar-refractivity contribution is -0.127. The first kappa shape index (κ1) is 13.9. The molecule has 2 heteroatoms. The molecule has 0 aliphatic carbocycles. The molecule has 1 unspecified atom stereocenters. The van der Waals surface area contributed by atoms with Crippen LogP contribution in [0, 0.1) is 0 Å². The number of hydrogen-bond acceptors (Lipinski definition) is 2. The first-order valence-corrected chi connectivity index (χ1v) is 6.16. The van der Waals surface area contributed by atoms with Crippen LogP contribution >= 0.6 is 0 Å². The number of ether oxygens (including phenoxy) is 2. The van der Waals surface area contributed by atoms with Crippen LogP contribution in [0.5, 0.6) is 0 Å². The van der Waals surface area contributed by atoms with E-state index < -0.39 is 0 Å². The molecule has 0 aromatic heterocycles. The predicted octanol–water partition coefficient (Wildman–Crippen LogP) is 3.57. The molecule has 0 spiro atoms. The number of unbranched alkanes of at least 4 members (excludes halogenated alkanes) is 1. The third-order valence-corrected chi connectivity index (χ3v) is 2.63. The Kier molecular flexibility index (Phi) is 7.35. The number of hydrogen-bond donors (Lipinski definition) is 0. The summed E-state index contributed by atoms with van der Waals surface area (Å²) in [5, 5.41) is 0. The van der Waals surface area contributed by atoms with Gasteiger partial charge in [-0.15, -0.1) is 6.58 Å². The average Bonchev–Trinajstić information content (AvgIpc) is 2.39. The van der Waals surface area contributed by atoms with E-state index in [1.54, 1.807) is 7.11 Å². The van der Waals surface area contributed by atoms with Crippen LogP contribution in [0.4, 0.5) is 0 Å². The maximum absolute atomic E-state index is 5.65. The van der Waals surface area contributed by atoms with Gasteiger partial charge in [-0.1, -0.05) is 36.4 Å². The predicted molar refractivity (Wildman–Crippen MR) is 70.9 cm³/mol. The SMILES string of the molecule is C=CCCCOC(CCc1ccccc1)OC. The van der Waals surface area contributed by atoms with E-state index in [1.807, 2.05) is 12.1 Å². The summed E-state index contributed by atoms with van der Waals surface area (Å²) in [4.78, 5) is 0. The van der Waals surface area contributed by atoms with Crippen LogP contribution in [0.3, 0.4) is 0 Å². The molecule has 1 aromatic rings. The monoisotopic (exact) mass is 234 g/mol. The topological polar surface area (TPSA) is 18.5 Å². The van der Waals surface area contributed by atoms with Crippen LogP contribution in [0.15, 0.2) is 43.0 Å². The second-order valence-electron chi connectivity index (χ2n) is 3.99. The van der Waals surface area contributed by atoms with Crippen molar-refractivity contribution in [2.24, 2.45) is 0 Å². The first-order chi connectivity index (χ1) is 8.36. The summed E-state index contributed by atoms with van der Waals surface area (Å²) >= 11 is 0. The fourth-order valence-corrected chi connectivity index (χ4v) is 1.64. The standard InChI is InChI=1S/C15H22O2/c1-3-4-8-13-17-15(16-2)12-11-14-9-6-5-7-10-14/h3,5-7,9-10,15H,1,4,8,11-13H2,2H3. The second-order valence-corrected chi connectivity index (χ2v) is 3.99. The van der Waals surface area contributed by atoms with Crippen LogP contribution < -0.4 is 0 Å². The van der Waals surface area contributed by atoms with Crippen molar-refractivity contribution in [1.82, 2.24) is 0 Å². The van der Waals surface area contributed by atoms with E-state index in [0.29, 0.717) is 0 Å². The van der Waals surface area contributed by atoms with Crippen LogP contribution in [0.2, 0.25) is 0 Å². The van der Waals surface area contributed by atoms with Crippen LogP contribution in [0.1, 0.15) is 24.8 Å². The van der Waals surface area contributed by atoms with E-state index in [4.69, 9.17) is 9.47 Å². The van der Waals surface area contributed by atoms with Crippen LogP contribution in [-0.4, -0.2) is 20.0 Å². The zero-order valence-corrected chi connectivity index (χ0v) is 10.6. The van der Waals surface area contributed by atoms with Gasteiger partial charge in [0.2, 0.25) is 0 Å². The van der Waals surface area contributed by atoms with Gasteiger partial charge in [0.15, 0.2) is 6.29 Å². The van der Waals surface area contributed by atoms with E-state index in [9.17, 15) is 0 Å². The van der Waals surface area contributed by atoms with E-state index in [1.165, 1.54) is 5.56 Å². The molecule has 0 aliphatic heterocycles. The molecule has 1 atom stereocenters.